The molecule has 4 nitrogen and oxygen atoms in total. The zero-order valence-electron chi connectivity index (χ0n) is 9.44. The minimum Gasteiger partial charge on any atom is -0.376 e. The average Bonchev–Trinajstić information content (AvgIpc) is 2.82. The number of thiophene rings is 1. The largest absolute Gasteiger partial charge is 0.376 e. The average molecular weight is 314 g/mol. The third-order valence-electron chi connectivity index (χ3n) is 2.76. The third-order valence-corrected chi connectivity index (χ3v) is 4.61. The monoisotopic (exact) mass is 313 g/mol. The summed E-state index contributed by atoms with van der Waals surface area (Å²) in [6, 6.07) is 2.24. The van der Waals surface area contributed by atoms with E-state index in [1.807, 2.05) is 18.4 Å². The molecule has 3 rings (SSSR count). The van der Waals surface area contributed by atoms with Crippen LogP contribution in [0.3, 0.4) is 0 Å². The van der Waals surface area contributed by atoms with Crippen LogP contribution in [0, 0.1) is 0 Å². The van der Waals surface area contributed by atoms with Crippen molar-refractivity contribution < 1.29 is 4.74 Å². The third kappa shape index (κ3) is 2.29. The first kappa shape index (κ1) is 11.4. The van der Waals surface area contributed by atoms with E-state index >= 15 is 0 Å². The van der Waals surface area contributed by atoms with Crippen LogP contribution in [0.5, 0.6) is 0 Å². The minimum absolute atomic E-state index is 0.757. The predicted molar refractivity (Wildman–Crippen MR) is 69.2 cm³/mol. The molecule has 90 valence electrons. The first-order valence-corrected chi connectivity index (χ1v) is 7.07. The zero-order valence-corrected chi connectivity index (χ0v) is 11.8. The quantitative estimate of drug-likeness (QED) is 0.854. The number of hydrogen-bond donors (Lipinski definition) is 0. The molecule has 1 aliphatic rings. The normalized spacial score (nSPS) is 14.9. The summed E-state index contributed by atoms with van der Waals surface area (Å²) in [4.78, 5) is 4.39. The lowest BCUT2D eigenvalue weighted by Crippen LogP contribution is -2.05. The molecule has 0 radical (unpaired) electrons. The van der Waals surface area contributed by atoms with E-state index < -0.39 is 0 Å². The fraction of sp³-hybridized carbons (Fsp3) is 0.455. The van der Waals surface area contributed by atoms with Crippen LogP contribution in [0.1, 0.15) is 21.0 Å². The number of ether oxygens (including phenoxy) is 1. The molecule has 17 heavy (non-hydrogen) atoms. The van der Waals surface area contributed by atoms with E-state index in [4.69, 9.17) is 4.74 Å². The van der Waals surface area contributed by atoms with Gasteiger partial charge in [0, 0.05) is 29.6 Å². The molecule has 2 aromatic heterocycles. The Balaban J connectivity index is 1.85. The van der Waals surface area contributed by atoms with Crippen LogP contribution in [-0.2, 0) is 31.2 Å². The zero-order chi connectivity index (χ0) is 11.8. The number of aromatic nitrogens is 3. The fourth-order valence-corrected chi connectivity index (χ4v) is 3.60. The van der Waals surface area contributed by atoms with Crippen LogP contribution < -0.4 is 0 Å². The van der Waals surface area contributed by atoms with Crippen molar-refractivity contribution in [2.75, 3.05) is 6.61 Å². The lowest BCUT2D eigenvalue weighted by Gasteiger charge is -2.10. The van der Waals surface area contributed by atoms with Crippen molar-refractivity contribution in [1.82, 2.24) is 15.0 Å². The standard InChI is InChI=1S/C11H12BrN3OS/c1-15-13-9(11(12)14-15)5-8-4-7-6-16-3-2-10(7)17-8/h4H,2-3,5-6H2,1H3. The van der Waals surface area contributed by atoms with E-state index in [0.29, 0.717) is 0 Å². The van der Waals surface area contributed by atoms with Gasteiger partial charge < -0.3 is 4.74 Å². The maximum absolute atomic E-state index is 5.45. The van der Waals surface area contributed by atoms with Gasteiger partial charge in [-0.1, -0.05) is 0 Å². The van der Waals surface area contributed by atoms with Crippen LogP contribution in [0.4, 0.5) is 0 Å². The van der Waals surface area contributed by atoms with Crippen LogP contribution in [-0.4, -0.2) is 21.6 Å². The molecule has 0 aromatic carbocycles. The summed E-state index contributed by atoms with van der Waals surface area (Å²) >= 11 is 5.30. The summed E-state index contributed by atoms with van der Waals surface area (Å²) in [6.07, 6.45) is 1.88. The van der Waals surface area contributed by atoms with Gasteiger partial charge in [-0.15, -0.1) is 16.4 Å². The van der Waals surface area contributed by atoms with Gasteiger partial charge in [0.15, 0.2) is 4.60 Å². The van der Waals surface area contributed by atoms with E-state index in [9.17, 15) is 0 Å². The summed E-state index contributed by atoms with van der Waals surface area (Å²) in [7, 11) is 1.83. The molecule has 0 amide bonds. The van der Waals surface area contributed by atoms with Crippen LogP contribution in [0.25, 0.3) is 0 Å². The highest BCUT2D eigenvalue weighted by atomic mass is 79.9. The fourth-order valence-electron chi connectivity index (χ4n) is 1.99. The number of halogens is 1. The van der Waals surface area contributed by atoms with Crippen molar-refractivity contribution in [3.05, 3.63) is 31.7 Å². The summed E-state index contributed by atoms with van der Waals surface area (Å²) < 4.78 is 6.29. The van der Waals surface area contributed by atoms with Crippen molar-refractivity contribution in [2.24, 2.45) is 7.05 Å². The van der Waals surface area contributed by atoms with Gasteiger partial charge in [0.25, 0.3) is 0 Å². The minimum atomic E-state index is 0.757. The molecule has 0 spiro atoms. The molecule has 0 bridgehead atoms. The molecule has 0 unspecified atom stereocenters. The Hall–Kier alpha value is -0.720. The second-order valence-corrected chi connectivity index (χ2v) is 6.04. The Morgan fingerprint density at radius 1 is 1.53 bits per heavy atom. The number of hydrogen-bond acceptors (Lipinski definition) is 4. The second-order valence-electron chi connectivity index (χ2n) is 4.07. The van der Waals surface area contributed by atoms with Gasteiger partial charge in [-0.25, -0.2) is 0 Å². The molecule has 0 saturated heterocycles. The highest BCUT2D eigenvalue weighted by molar-refractivity contribution is 9.10. The van der Waals surface area contributed by atoms with E-state index in [1.54, 1.807) is 4.80 Å². The molecule has 6 heteroatoms. The second kappa shape index (κ2) is 4.51. The van der Waals surface area contributed by atoms with Crippen LogP contribution in [0.15, 0.2) is 10.7 Å². The predicted octanol–water partition coefficient (Wildman–Crippen LogP) is 2.30. The van der Waals surface area contributed by atoms with E-state index in [0.717, 1.165) is 36.4 Å². The summed E-state index contributed by atoms with van der Waals surface area (Å²) in [5.41, 5.74) is 2.34. The topological polar surface area (TPSA) is 39.9 Å². The Bertz CT molecular complexity index is 525. The summed E-state index contributed by atoms with van der Waals surface area (Å²) in [5, 5.41) is 8.54. The van der Waals surface area contributed by atoms with E-state index in [2.05, 4.69) is 32.2 Å². The molecule has 0 fully saturated rings. The highest BCUT2D eigenvalue weighted by Gasteiger charge is 2.15. The van der Waals surface area contributed by atoms with Crippen molar-refractivity contribution in [1.29, 1.82) is 0 Å². The van der Waals surface area contributed by atoms with Gasteiger partial charge in [-0.3, -0.25) is 0 Å². The van der Waals surface area contributed by atoms with Crippen molar-refractivity contribution in [3.8, 4) is 0 Å². The molecule has 0 saturated carbocycles. The summed E-state index contributed by atoms with van der Waals surface area (Å²) in [6.45, 7) is 1.61. The van der Waals surface area contributed by atoms with Crippen LogP contribution >= 0.6 is 27.3 Å². The molecule has 2 aromatic rings. The van der Waals surface area contributed by atoms with Gasteiger partial charge >= 0.3 is 0 Å². The lowest BCUT2D eigenvalue weighted by atomic mass is 10.1. The van der Waals surface area contributed by atoms with Gasteiger partial charge in [0.1, 0.15) is 5.69 Å². The Morgan fingerprint density at radius 2 is 2.41 bits per heavy atom. The lowest BCUT2D eigenvalue weighted by molar-refractivity contribution is 0.112. The molecular formula is C11H12BrN3OS. The summed E-state index contributed by atoms with van der Waals surface area (Å²) in [5.74, 6) is 0. The van der Waals surface area contributed by atoms with Gasteiger partial charge in [-0.2, -0.15) is 9.90 Å². The SMILES string of the molecule is Cn1nc(Br)c(Cc2cc3c(s2)CCOC3)n1. The molecule has 3 heterocycles. The van der Waals surface area contributed by atoms with Gasteiger partial charge in [-0.05, 0) is 27.6 Å². The van der Waals surface area contributed by atoms with Crippen molar-refractivity contribution in [3.63, 3.8) is 0 Å². The Labute approximate surface area is 112 Å². The number of fused-ring (bicyclic) bond motifs is 1. The maximum Gasteiger partial charge on any atom is 0.151 e. The molecule has 0 N–H and O–H groups in total. The molecule has 0 atom stereocenters. The van der Waals surface area contributed by atoms with Gasteiger partial charge in [0.05, 0.1) is 13.2 Å². The molecule has 1 aliphatic heterocycles. The Kier molecular flexibility index (Phi) is 3.02. The van der Waals surface area contributed by atoms with E-state index in [1.165, 1.54) is 15.3 Å². The number of aryl methyl sites for hydroxylation is 1. The number of rotatable bonds is 2. The van der Waals surface area contributed by atoms with Crippen molar-refractivity contribution in [2.45, 2.75) is 19.4 Å². The first-order valence-electron chi connectivity index (χ1n) is 5.46. The smallest absolute Gasteiger partial charge is 0.151 e. The van der Waals surface area contributed by atoms with Gasteiger partial charge in [0.2, 0.25) is 0 Å². The van der Waals surface area contributed by atoms with Crippen LogP contribution in [0.2, 0.25) is 0 Å². The first-order chi connectivity index (χ1) is 8.22. The Morgan fingerprint density at radius 3 is 3.12 bits per heavy atom. The highest BCUT2D eigenvalue weighted by Crippen LogP contribution is 2.29. The molecule has 0 aliphatic carbocycles. The van der Waals surface area contributed by atoms with Crippen molar-refractivity contribution >= 4 is 27.3 Å². The maximum atomic E-state index is 5.45. The number of nitrogens with zero attached hydrogens (tertiary/aromatic N) is 3. The molecular weight excluding hydrogens is 302 g/mol. The van der Waals surface area contributed by atoms with E-state index in [-0.39, 0.29) is 0 Å².